The fourth-order valence-electron chi connectivity index (χ4n) is 2.04. The highest BCUT2D eigenvalue weighted by atomic mass is 32.2. The average Bonchev–Trinajstić information content (AvgIpc) is 2.84. The van der Waals surface area contributed by atoms with Crippen LogP contribution in [-0.4, -0.2) is 50.0 Å². The topological polar surface area (TPSA) is 102 Å². The third-order valence-corrected chi connectivity index (χ3v) is 6.42. The second-order valence-electron chi connectivity index (χ2n) is 4.61. The van der Waals surface area contributed by atoms with Crippen LogP contribution in [-0.2, 0) is 14.8 Å². The SMILES string of the molecule is CCNc1sc(S(=O)(=O)N2CCOC(C)C2)cc1[N+](=O)[O-]. The monoisotopic (exact) mass is 335 g/mol. The number of rotatable bonds is 5. The molecule has 1 fully saturated rings. The van der Waals surface area contributed by atoms with Crippen molar-refractivity contribution >= 4 is 32.0 Å². The summed E-state index contributed by atoms with van der Waals surface area (Å²) in [5.41, 5.74) is -0.207. The summed E-state index contributed by atoms with van der Waals surface area (Å²) in [6, 6.07) is 1.12. The van der Waals surface area contributed by atoms with Crippen molar-refractivity contribution in [1.29, 1.82) is 0 Å². The number of ether oxygens (including phenoxy) is 1. The number of hydrogen-bond acceptors (Lipinski definition) is 7. The summed E-state index contributed by atoms with van der Waals surface area (Å²) in [5, 5.41) is 14.1. The Morgan fingerprint density at radius 1 is 1.62 bits per heavy atom. The highest BCUT2D eigenvalue weighted by molar-refractivity contribution is 7.91. The Morgan fingerprint density at radius 2 is 2.33 bits per heavy atom. The fraction of sp³-hybridized carbons (Fsp3) is 0.636. The Labute approximate surface area is 126 Å². The molecule has 0 saturated carbocycles. The number of thiophene rings is 1. The summed E-state index contributed by atoms with van der Waals surface area (Å²) < 4.78 is 31.7. The standard InChI is InChI=1S/C11H17N3O5S2/c1-3-12-11-9(14(15)16)6-10(20-11)21(17,18)13-4-5-19-8(2)7-13/h6,8,12H,3-5,7H2,1-2H3. The number of nitro groups is 1. The van der Waals surface area contributed by atoms with Crippen molar-refractivity contribution in [2.45, 2.75) is 24.2 Å². The normalized spacial score (nSPS) is 20.4. The first-order valence-electron chi connectivity index (χ1n) is 6.50. The molecule has 0 aliphatic carbocycles. The van der Waals surface area contributed by atoms with E-state index in [4.69, 9.17) is 4.74 Å². The summed E-state index contributed by atoms with van der Waals surface area (Å²) >= 11 is 0.891. The van der Waals surface area contributed by atoms with Crippen molar-refractivity contribution in [3.63, 3.8) is 0 Å². The minimum Gasteiger partial charge on any atom is -0.376 e. The summed E-state index contributed by atoms with van der Waals surface area (Å²) in [6.07, 6.45) is -0.184. The highest BCUT2D eigenvalue weighted by Gasteiger charge is 2.33. The van der Waals surface area contributed by atoms with E-state index >= 15 is 0 Å². The number of nitrogens with one attached hydrogen (secondary N) is 1. The van der Waals surface area contributed by atoms with Crippen LogP contribution in [0.5, 0.6) is 0 Å². The van der Waals surface area contributed by atoms with E-state index < -0.39 is 14.9 Å². The van der Waals surface area contributed by atoms with Gasteiger partial charge in [-0.25, -0.2) is 8.42 Å². The molecular weight excluding hydrogens is 318 g/mol. The van der Waals surface area contributed by atoms with Gasteiger partial charge in [0.25, 0.3) is 10.0 Å². The van der Waals surface area contributed by atoms with E-state index in [-0.39, 0.29) is 34.1 Å². The van der Waals surface area contributed by atoms with Crippen LogP contribution in [0, 0.1) is 10.1 Å². The minimum atomic E-state index is -3.72. The molecule has 0 aromatic carbocycles. The van der Waals surface area contributed by atoms with Gasteiger partial charge >= 0.3 is 5.69 Å². The third-order valence-electron chi connectivity index (χ3n) is 3.02. The van der Waals surface area contributed by atoms with Crippen molar-refractivity contribution in [1.82, 2.24) is 4.31 Å². The summed E-state index contributed by atoms with van der Waals surface area (Å²) in [6.45, 7) is 4.91. The molecule has 1 N–H and O–H groups in total. The van der Waals surface area contributed by atoms with Gasteiger partial charge in [0.2, 0.25) is 0 Å². The van der Waals surface area contributed by atoms with Gasteiger partial charge in [-0.2, -0.15) is 4.31 Å². The van der Waals surface area contributed by atoms with Gasteiger partial charge in [-0.15, -0.1) is 0 Å². The first-order chi connectivity index (χ1) is 9.86. The first kappa shape index (κ1) is 16.1. The predicted octanol–water partition coefficient (Wildman–Crippen LogP) is 1.50. The van der Waals surface area contributed by atoms with Crippen LogP contribution < -0.4 is 5.32 Å². The fourth-order valence-corrected chi connectivity index (χ4v) is 5.09. The van der Waals surface area contributed by atoms with E-state index in [1.807, 2.05) is 0 Å². The first-order valence-corrected chi connectivity index (χ1v) is 8.75. The lowest BCUT2D eigenvalue weighted by molar-refractivity contribution is -0.383. The van der Waals surface area contributed by atoms with Crippen LogP contribution in [0.1, 0.15) is 13.8 Å². The molecule has 2 rings (SSSR count). The van der Waals surface area contributed by atoms with Crippen LogP contribution >= 0.6 is 11.3 Å². The molecule has 118 valence electrons. The molecular formula is C11H17N3O5S2. The quantitative estimate of drug-likeness (QED) is 0.646. The number of anilines is 1. The molecule has 1 aromatic rings. The Morgan fingerprint density at radius 3 is 2.90 bits per heavy atom. The molecule has 1 unspecified atom stereocenters. The number of sulfonamides is 1. The lowest BCUT2D eigenvalue weighted by Crippen LogP contribution is -2.44. The molecule has 1 saturated heterocycles. The van der Waals surface area contributed by atoms with Crippen molar-refractivity contribution < 1.29 is 18.1 Å². The van der Waals surface area contributed by atoms with Crippen LogP contribution in [0.3, 0.4) is 0 Å². The zero-order valence-electron chi connectivity index (χ0n) is 11.7. The summed E-state index contributed by atoms with van der Waals surface area (Å²) in [7, 11) is -3.72. The Kier molecular flexibility index (Phi) is 4.81. The summed E-state index contributed by atoms with van der Waals surface area (Å²) in [5.74, 6) is 0. The zero-order valence-corrected chi connectivity index (χ0v) is 13.4. The van der Waals surface area contributed by atoms with Gasteiger partial charge in [0.15, 0.2) is 5.00 Å². The van der Waals surface area contributed by atoms with E-state index in [1.165, 1.54) is 4.31 Å². The number of nitrogens with zero attached hydrogens (tertiary/aromatic N) is 2. The van der Waals surface area contributed by atoms with Crippen LogP contribution in [0.4, 0.5) is 10.7 Å². The van der Waals surface area contributed by atoms with Crippen LogP contribution in [0.25, 0.3) is 0 Å². The average molecular weight is 335 g/mol. The van der Waals surface area contributed by atoms with Crippen molar-refractivity contribution in [3.05, 3.63) is 16.2 Å². The lowest BCUT2D eigenvalue weighted by atomic mass is 10.3. The van der Waals surface area contributed by atoms with Crippen molar-refractivity contribution in [3.8, 4) is 0 Å². The summed E-state index contributed by atoms with van der Waals surface area (Å²) in [4.78, 5) is 10.4. The maximum Gasteiger partial charge on any atom is 0.304 e. The Hall–Kier alpha value is -1.23. The number of morpholine rings is 1. The van der Waals surface area contributed by atoms with Gasteiger partial charge in [-0.3, -0.25) is 10.1 Å². The second kappa shape index (κ2) is 6.26. The van der Waals surface area contributed by atoms with Crippen molar-refractivity contribution in [2.24, 2.45) is 0 Å². The van der Waals surface area contributed by atoms with E-state index in [0.717, 1.165) is 17.4 Å². The molecule has 1 aliphatic rings. The molecule has 1 aliphatic heterocycles. The molecule has 2 heterocycles. The molecule has 1 aromatic heterocycles. The Balaban J connectivity index is 2.35. The van der Waals surface area contributed by atoms with Gasteiger partial charge in [-0.1, -0.05) is 11.3 Å². The zero-order chi connectivity index (χ0) is 15.6. The van der Waals surface area contributed by atoms with Gasteiger partial charge < -0.3 is 10.1 Å². The molecule has 10 heteroatoms. The van der Waals surface area contributed by atoms with Crippen LogP contribution in [0.15, 0.2) is 10.3 Å². The molecule has 8 nitrogen and oxygen atoms in total. The molecule has 0 radical (unpaired) electrons. The molecule has 1 atom stereocenters. The maximum atomic E-state index is 12.6. The number of hydrogen-bond donors (Lipinski definition) is 1. The van der Waals surface area contributed by atoms with E-state index in [1.54, 1.807) is 13.8 Å². The van der Waals surface area contributed by atoms with Gasteiger partial charge in [0.05, 0.1) is 17.6 Å². The molecule has 0 spiro atoms. The molecule has 0 bridgehead atoms. The Bertz CT molecular complexity index is 628. The van der Waals surface area contributed by atoms with E-state index in [2.05, 4.69) is 5.32 Å². The van der Waals surface area contributed by atoms with E-state index in [9.17, 15) is 18.5 Å². The largest absolute Gasteiger partial charge is 0.376 e. The van der Waals surface area contributed by atoms with E-state index in [0.29, 0.717) is 13.2 Å². The molecule has 21 heavy (non-hydrogen) atoms. The minimum absolute atomic E-state index is 0.0146. The maximum absolute atomic E-state index is 12.6. The highest BCUT2D eigenvalue weighted by Crippen LogP contribution is 2.38. The third kappa shape index (κ3) is 3.34. The molecule has 0 amide bonds. The van der Waals surface area contributed by atoms with Crippen LogP contribution in [0.2, 0.25) is 0 Å². The van der Waals surface area contributed by atoms with Gasteiger partial charge in [0.1, 0.15) is 4.21 Å². The van der Waals surface area contributed by atoms with Crippen molar-refractivity contribution in [2.75, 3.05) is 31.6 Å². The predicted molar refractivity (Wildman–Crippen MR) is 79.3 cm³/mol. The second-order valence-corrected chi connectivity index (χ2v) is 7.83. The van der Waals surface area contributed by atoms with Gasteiger partial charge in [0, 0.05) is 25.7 Å². The van der Waals surface area contributed by atoms with Gasteiger partial charge in [-0.05, 0) is 13.8 Å². The smallest absolute Gasteiger partial charge is 0.304 e. The lowest BCUT2D eigenvalue weighted by Gasteiger charge is -2.29.